The number of hydrogen-bond donors (Lipinski definition) is 2. The second-order valence-electron chi connectivity index (χ2n) is 6.42. The predicted octanol–water partition coefficient (Wildman–Crippen LogP) is 5.25. The summed E-state index contributed by atoms with van der Waals surface area (Å²) < 4.78 is 5.48. The van der Waals surface area contributed by atoms with E-state index in [0.29, 0.717) is 21.5 Å². The van der Waals surface area contributed by atoms with Crippen molar-refractivity contribution in [2.75, 3.05) is 17.7 Å². The van der Waals surface area contributed by atoms with E-state index in [1.54, 1.807) is 60.7 Å². The molecule has 3 rings (SSSR count). The summed E-state index contributed by atoms with van der Waals surface area (Å²) in [5.41, 5.74) is 3.78. The first-order chi connectivity index (χ1) is 15.5. The normalized spacial score (nSPS) is 10.7. The van der Waals surface area contributed by atoms with Gasteiger partial charge in [-0.3, -0.25) is 9.59 Å². The number of nitrogens with zero attached hydrogens (tertiary/aromatic N) is 1. The minimum absolute atomic E-state index is 0.153. The molecule has 3 aromatic carbocycles. The highest BCUT2D eigenvalue weighted by atomic mass is 35.5. The van der Waals surface area contributed by atoms with Crippen LogP contribution in [0.2, 0.25) is 10.0 Å². The van der Waals surface area contributed by atoms with Gasteiger partial charge in [0.2, 0.25) is 5.91 Å². The third-order valence-electron chi connectivity index (χ3n) is 3.98. The Morgan fingerprint density at radius 1 is 0.938 bits per heavy atom. The second kappa shape index (κ2) is 12.1. The first kappa shape index (κ1) is 23.7. The molecule has 2 amide bonds. The maximum absolute atomic E-state index is 12.0. The molecule has 164 valence electrons. The van der Waals surface area contributed by atoms with Crippen molar-refractivity contribution in [3.63, 3.8) is 0 Å². The molecule has 0 aromatic heterocycles. The van der Waals surface area contributed by atoms with Crippen molar-refractivity contribution < 1.29 is 14.3 Å². The summed E-state index contributed by atoms with van der Waals surface area (Å²) in [6.07, 6.45) is 1.53. The molecule has 3 aromatic rings. The first-order valence-corrected chi connectivity index (χ1v) is 11.2. The van der Waals surface area contributed by atoms with Gasteiger partial charge < -0.3 is 10.1 Å². The standard InChI is InChI=1S/C23H19Cl2N3O3S/c24-17-7-11-19(12-8-17)32-15-23(30)28-26-13-16-5-9-18(10-6-16)31-14-22(29)27-21-4-2-1-3-20(21)25/h1-13H,14-15H2,(H,27,29)(H,28,30)/b26-13-. The molecule has 0 aliphatic heterocycles. The lowest BCUT2D eigenvalue weighted by atomic mass is 10.2. The molecule has 9 heteroatoms. The van der Waals surface area contributed by atoms with E-state index < -0.39 is 0 Å². The van der Waals surface area contributed by atoms with Crippen molar-refractivity contribution >= 4 is 58.7 Å². The van der Waals surface area contributed by atoms with Crippen LogP contribution in [0.25, 0.3) is 0 Å². The fourth-order valence-electron chi connectivity index (χ4n) is 2.44. The molecule has 0 aliphatic rings. The van der Waals surface area contributed by atoms with Crippen molar-refractivity contribution in [1.82, 2.24) is 5.43 Å². The summed E-state index contributed by atoms with van der Waals surface area (Å²) in [4.78, 5) is 24.8. The molecule has 2 N–H and O–H groups in total. The molecular weight excluding hydrogens is 469 g/mol. The van der Waals surface area contributed by atoms with Gasteiger partial charge in [0.25, 0.3) is 5.91 Å². The molecule has 0 saturated carbocycles. The largest absolute Gasteiger partial charge is 0.484 e. The zero-order valence-corrected chi connectivity index (χ0v) is 19.1. The van der Waals surface area contributed by atoms with Gasteiger partial charge in [-0.2, -0.15) is 5.10 Å². The number of hydrogen-bond acceptors (Lipinski definition) is 5. The summed E-state index contributed by atoms with van der Waals surface area (Å²) in [5, 5.41) is 7.75. The Balaban J connectivity index is 1.39. The Hall–Kier alpha value is -3.00. The van der Waals surface area contributed by atoms with Gasteiger partial charge in [-0.1, -0.05) is 35.3 Å². The number of para-hydroxylation sites is 1. The van der Waals surface area contributed by atoms with Gasteiger partial charge in [0, 0.05) is 9.92 Å². The van der Waals surface area contributed by atoms with Gasteiger partial charge in [0.05, 0.1) is 22.7 Å². The zero-order valence-electron chi connectivity index (χ0n) is 16.8. The summed E-state index contributed by atoms with van der Waals surface area (Å²) in [6.45, 7) is -0.153. The van der Waals surface area contributed by atoms with Crippen LogP contribution in [0.4, 0.5) is 5.69 Å². The monoisotopic (exact) mass is 487 g/mol. The third kappa shape index (κ3) is 7.92. The summed E-state index contributed by atoms with van der Waals surface area (Å²) in [6, 6.07) is 21.2. The number of rotatable bonds is 9. The quantitative estimate of drug-likeness (QED) is 0.245. The minimum atomic E-state index is -0.317. The van der Waals surface area contributed by atoms with Crippen molar-refractivity contribution in [3.8, 4) is 5.75 Å². The molecule has 0 aliphatic carbocycles. The van der Waals surface area contributed by atoms with Crippen molar-refractivity contribution in [3.05, 3.63) is 88.4 Å². The van der Waals surface area contributed by atoms with Crippen molar-refractivity contribution in [2.24, 2.45) is 5.10 Å². The van der Waals surface area contributed by atoms with Crippen LogP contribution in [0.1, 0.15) is 5.56 Å². The van der Waals surface area contributed by atoms with Gasteiger partial charge in [0.15, 0.2) is 6.61 Å². The van der Waals surface area contributed by atoms with E-state index in [9.17, 15) is 9.59 Å². The minimum Gasteiger partial charge on any atom is -0.484 e. The lowest BCUT2D eigenvalue weighted by Crippen LogP contribution is -2.20. The van der Waals surface area contributed by atoms with Crippen molar-refractivity contribution in [2.45, 2.75) is 4.90 Å². The number of carbonyl (C=O) groups is 2. The van der Waals surface area contributed by atoms with E-state index in [-0.39, 0.29) is 24.2 Å². The van der Waals surface area contributed by atoms with Gasteiger partial charge in [0.1, 0.15) is 5.75 Å². The predicted molar refractivity (Wildman–Crippen MR) is 130 cm³/mol. The first-order valence-electron chi connectivity index (χ1n) is 9.47. The molecule has 0 fully saturated rings. The molecule has 0 atom stereocenters. The van der Waals surface area contributed by atoms with E-state index in [4.69, 9.17) is 27.9 Å². The Kier molecular flexibility index (Phi) is 8.98. The number of ether oxygens (including phenoxy) is 1. The topological polar surface area (TPSA) is 79.8 Å². The van der Waals surface area contributed by atoms with Gasteiger partial charge >= 0.3 is 0 Å². The Morgan fingerprint density at radius 2 is 1.66 bits per heavy atom. The highest BCUT2D eigenvalue weighted by Crippen LogP contribution is 2.21. The van der Waals surface area contributed by atoms with Gasteiger partial charge in [-0.05, 0) is 66.2 Å². The Labute approximate surface area is 200 Å². The van der Waals surface area contributed by atoms with E-state index >= 15 is 0 Å². The maximum Gasteiger partial charge on any atom is 0.262 e. The number of carbonyl (C=O) groups excluding carboxylic acids is 2. The van der Waals surface area contributed by atoms with E-state index in [0.717, 1.165) is 10.5 Å². The molecular formula is C23H19Cl2N3O3S. The SMILES string of the molecule is O=C(CSc1ccc(Cl)cc1)N/N=C\c1ccc(OCC(=O)Nc2ccccc2Cl)cc1. The van der Waals surface area contributed by atoms with Crippen LogP contribution >= 0.6 is 35.0 Å². The summed E-state index contributed by atoms with van der Waals surface area (Å²) in [7, 11) is 0. The molecule has 0 heterocycles. The molecule has 0 unspecified atom stereocenters. The smallest absolute Gasteiger partial charge is 0.262 e. The van der Waals surface area contributed by atoms with E-state index in [1.807, 2.05) is 12.1 Å². The fraction of sp³-hybridized carbons (Fsp3) is 0.0870. The van der Waals surface area contributed by atoms with Gasteiger partial charge in [-0.25, -0.2) is 5.43 Å². The number of amides is 2. The maximum atomic E-state index is 12.0. The number of anilines is 1. The van der Waals surface area contributed by atoms with Crippen LogP contribution in [0, 0.1) is 0 Å². The van der Waals surface area contributed by atoms with Crippen LogP contribution in [0.5, 0.6) is 5.75 Å². The molecule has 0 spiro atoms. The van der Waals surface area contributed by atoms with Gasteiger partial charge in [-0.15, -0.1) is 11.8 Å². The second-order valence-corrected chi connectivity index (χ2v) is 8.31. The number of benzene rings is 3. The molecule has 0 radical (unpaired) electrons. The lowest BCUT2D eigenvalue weighted by molar-refractivity contribution is -0.119. The van der Waals surface area contributed by atoms with E-state index in [1.165, 1.54) is 18.0 Å². The Bertz CT molecular complexity index is 1090. The fourth-order valence-corrected chi connectivity index (χ4v) is 3.44. The number of halogens is 2. The highest BCUT2D eigenvalue weighted by Gasteiger charge is 2.06. The number of nitrogens with one attached hydrogen (secondary N) is 2. The zero-order chi connectivity index (χ0) is 22.8. The molecule has 32 heavy (non-hydrogen) atoms. The van der Waals surface area contributed by atoms with Crippen molar-refractivity contribution in [1.29, 1.82) is 0 Å². The van der Waals surface area contributed by atoms with Crippen LogP contribution in [0.3, 0.4) is 0 Å². The molecule has 0 bridgehead atoms. The Morgan fingerprint density at radius 3 is 2.38 bits per heavy atom. The molecule has 6 nitrogen and oxygen atoms in total. The third-order valence-corrected chi connectivity index (χ3v) is 5.58. The highest BCUT2D eigenvalue weighted by molar-refractivity contribution is 8.00. The summed E-state index contributed by atoms with van der Waals surface area (Å²) in [5.74, 6) is 0.232. The molecule has 0 saturated heterocycles. The van der Waals surface area contributed by atoms with Crippen LogP contribution in [0.15, 0.2) is 82.8 Å². The number of thioether (sulfide) groups is 1. The average Bonchev–Trinajstić information content (AvgIpc) is 2.80. The van der Waals surface area contributed by atoms with E-state index in [2.05, 4.69) is 15.8 Å². The van der Waals surface area contributed by atoms with Crippen LogP contribution in [-0.4, -0.2) is 30.4 Å². The van der Waals surface area contributed by atoms with Crippen LogP contribution in [-0.2, 0) is 9.59 Å². The van der Waals surface area contributed by atoms with Crippen LogP contribution < -0.4 is 15.5 Å². The summed E-state index contributed by atoms with van der Waals surface area (Å²) >= 11 is 13.2. The average molecular weight is 488 g/mol. The number of hydrazone groups is 1. The lowest BCUT2D eigenvalue weighted by Gasteiger charge is -2.08.